The Morgan fingerprint density at radius 2 is 1.90 bits per heavy atom. The maximum absolute atomic E-state index is 11.5. The van der Waals surface area contributed by atoms with Crippen LogP contribution >= 0.6 is 12.4 Å². The lowest BCUT2D eigenvalue weighted by atomic mass is 10.1. The van der Waals surface area contributed by atoms with Gasteiger partial charge >= 0.3 is 5.69 Å². The van der Waals surface area contributed by atoms with Crippen LogP contribution in [-0.4, -0.2) is 16.0 Å². The van der Waals surface area contributed by atoms with Crippen molar-refractivity contribution in [2.24, 2.45) is 0 Å². The number of rotatable bonds is 5. The summed E-state index contributed by atoms with van der Waals surface area (Å²) in [5.74, 6) is 0. The number of aromatic amines is 2. The molecule has 0 amide bonds. The van der Waals surface area contributed by atoms with Gasteiger partial charge in [0.2, 0.25) is 0 Å². The highest BCUT2D eigenvalue weighted by molar-refractivity contribution is 5.85. The number of hydrogen-bond donors (Lipinski definition) is 3. The largest absolute Gasteiger partial charge is 0.325 e. The van der Waals surface area contributed by atoms with Crippen LogP contribution in [0, 0.1) is 0 Å². The van der Waals surface area contributed by atoms with Crippen LogP contribution in [0.2, 0.25) is 0 Å². The lowest BCUT2D eigenvalue weighted by Crippen LogP contribution is -2.32. The molecule has 0 bridgehead atoms. The zero-order chi connectivity index (χ0) is 13.7. The zero-order valence-corrected chi connectivity index (χ0v) is 12.0. The minimum Gasteiger partial charge on any atom is -0.314 e. The summed E-state index contributed by atoms with van der Waals surface area (Å²) in [6.45, 7) is 2.49. The molecule has 108 valence electrons. The summed E-state index contributed by atoms with van der Waals surface area (Å²) in [4.78, 5) is 27.1. The molecule has 1 atom stereocenters. The number of H-pyrrole nitrogens is 2. The van der Waals surface area contributed by atoms with E-state index in [2.05, 4.69) is 34.3 Å². The van der Waals surface area contributed by atoms with Gasteiger partial charge in [-0.2, -0.15) is 0 Å². The molecule has 1 unspecified atom stereocenters. The van der Waals surface area contributed by atoms with Gasteiger partial charge in [0.05, 0.1) is 0 Å². The van der Waals surface area contributed by atoms with E-state index in [0.29, 0.717) is 12.1 Å². The summed E-state index contributed by atoms with van der Waals surface area (Å²) < 4.78 is 0. The van der Waals surface area contributed by atoms with E-state index in [0.717, 1.165) is 6.42 Å². The summed E-state index contributed by atoms with van der Waals surface area (Å²) >= 11 is 0. The fourth-order valence-electron chi connectivity index (χ4n) is 1.89. The van der Waals surface area contributed by atoms with Crippen molar-refractivity contribution in [3.8, 4) is 0 Å². The summed E-state index contributed by atoms with van der Waals surface area (Å²) in [5, 5.41) is 3.27. The molecule has 2 rings (SSSR count). The summed E-state index contributed by atoms with van der Waals surface area (Å²) in [7, 11) is 0. The van der Waals surface area contributed by atoms with Crippen molar-refractivity contribution in [3.63, 3.8) is 0 Å². The van der Waals surface area contributed by atoms with Gasteiger partial charge in [0, 0.05) is 24.3 Å². The van der Waals surface area contributed by atoms with Crippen LogP contribution in [0.5, 0.6) is 0 Å². The lowest BCUT2D eigenvalue weighted by Gasteiger charge is -2.13. The third-order valence-corrected chi connectivity index (χ3v) is 2.92. The maximum Gasteiger partial charge on any atom is 0.325 e. The van der Waals surface area contributed by atoms with Gasteiger partial charge in [0.25, 0.3) is 5.56 Å². The molecule has 0 saturated heterocycles. The summed E-state index contributed by atoms with van der Waals surface area (Å²) in [5.41, 5.74) is 0.951. The monoisotopic (exact) mass is 295 g/mol. The Morgan fingerprint density at radius 3 is 2.55 bits per heavy atom. The predicted octanol–water partition coefficient (Wildman–Crippen LogP) is 1.21. The average Bonchev–Trinajstić information content (AvgIpc) is 2.39. The summed E-state index contributed by atoms with van der Waals surface area (Å²) in [6.07, 6.45) is 2.34. The smallest absolute Gasteiger partial charge is 0.314 e. The molecule has 0 aliphatic carbocycles. The minimum atomic E-state index is -0.480. The van der Waals surface area contributed by atoms with Gasteiger partial charge in [-0.25, -0.2) is 4.79 Å². The van der Waals surface area contributed by atoms with Gasteiger partial charge in [-0.15, -0.1) is 12.4 Å². The highest BCUT2D eigenvalue weighted by Crippen LogP contribution is 2.02. The normalized spacial score (nSPS) is 11.7. The average molecular weight is 296 g/mol. The second-order valence-corrected chi connectivity index (χ2v) is 4.57. The molecule has 0 aliphatic rings. The van der Waals surface area contributed by atoms with Crippen LogP contribution in [0.4, 0.5) is 0 Å². The molecule has 1 aromatic carbocycles. The van der Waals surface area contributed by atoms with Gasteiger partial charge in [0.1, 0.15) is 0 Å². The highest BCUT2D eigenvalue weighted by atomic mass is 35.5. The van der Waals surface area contributed by atoms with Crippen molar-refractivity contribution in [3.05, 3.63) is 68.5 Å². The number of halogens is 1. The van der Waals surface area contributed by atoms with Crippen LogP contribution in [0.25, 0.3) is 0 Å². The molecule has 3 N–H and O–H groups in total. The molecule has 0 aliphatic heterocycles. The molecule has 1 aromatic heterocycles. The molecular weight excluding hydrogens is 278 g/mol. The van der Waals surface area contributed by atoms with E-state index >= 15 is 0 Å². The van der Waals surface area contributed by atoms with Crippen molar-refractivity contribution in [1.82, 2.24) is 15.3 Å². The van der Waals surface area contributed by atoms with E-state index in [1.54, 1.807) is 0 Å². The first-order valence-corrected chi connectivity index (χ1v) is 6.23. The van der Waals surface area contributed by atoms with Gasteiger partial charge in [-0.1, -0.05) is 30.3 Å². The molecule has 1 heterocycles. The standard InChI is InChI=1S/C14H17N3O2.ClH/c1-10(7-11-5-3-2-4-6-11)15-8-12-9-16-14(19)17-13(12)18;/h2-6,9-10,15H,7-8H2,1H3,(H2,16,17,18,19);1H. The van der Waals surface area contributed by atoms with Crippen LogP contribution in [0.3, 0.4) is 0 Å². The van der Waals surface area contributed by atoms with E-state index < -0.39 is 5.69 Å². The molecule has 0 spiro atoms. The summed E-state index contributed by atoms with van der Waals surface area (Å²) in [6, 6.07) is 10.4. The highest BCUT2D eigenvalue weighted by Gasteiger charge is 2.05. The van der Waals surface area contributed by atoms with E-state index in [-0.39, 0.29) is 24.0 Å². The van der Waals surface area contributed by atoms with Crippen molar-refractivity contribution in [1.29, 1.82) is 0 Å². The van der Waals surface area contributed by atoms with Crippen LogP contribution in [0.15, 0.2) is 46.1 Å². The lowest BCUT2D eigenvalue weighted by molar-refractivity contribution is 0.542. The van der Waals surface area contributed by atoms with Crippen LogP contribution < -0.4 is 16.6 Å². The Bertz CT molecular complexity index is 637. The Kier molecular flexibility index (Phi) is 6.21. The molecule has 6 heteroatoms. The fraction of sp³-hybridized carbons (Fsp3) is 0.286. The number of benzene rings is 1. The first kappa shape index (κ1) is 16.2. The Hall–Kier alpha value is -1.85. The number of aromatic nitrogens is 2. The molecule has 2 aromatic rings. The van der Waals surface area contributed by atoms with E-state index in [1.807, 2.05) is 18.2 Å². The molecule has 0 fully saturated rings. The second-order valence-electron chi connectivity index (χ2n) is 4.57. The topological polar surface area (TPSA) is 77.8 Å². The van der Waals surface area contributed by atoms with Gasteiger partial charge < -0.3 is 10.3 Å². The van der Waals surface area contributed by atoms with E-state index in [4.69, 9.17) is 0 Å². The molecule has 5 nitrogen and oxygen atoms in total. The third-order valence-electron chi connectivity index (χ3n) is 2.92. The third kappa shape index (κ3) is 4.68. The molecule has 0 saturated carbocycles. The number of nitrogens with one attached hydrogen (secondary N) is 3. The first-order valence-electron chi connectivity index (χ1n) is 6.23. The fourth-order valence-corrected chi connectivity index (χ4v) is 1.89. The first-order chi connectivity index (χ1) is 9.15. The predicted molar refractivity (Wildman–Crippen MR) is 81.4 cm³/mol. The molecule has 0 radical (unpaired) electrons. The van der Waals surface area contributed by atoms with E-state index in [9.17, 15) is 9.59 Å². The SMILES string of the molecule is CC(Cc1ccccc1)NCc1c[nH]c(=O)[nH]c1=O.Cl. The number of hydrogen-bond acceptors (Lipinski definition) is 3. The Morgan fingerprint density at radius 1 is 1.20 bits per heavy atom. The van der Waals surface area contributed by atoms with Crippen molar-refractivity contribution in [2.45, 2.75) is 25.9 Å². The zero-order valence-electron chi connectivity index (χ0n) is 11.2. The van der Waals surface area contributed by atoms with Crippen LogP contribution in [-0.2, 0) is 13.0 Å². The van der Waals surface area contributed by atoms with Gasteiger partial charge in [-0.05, 0) is 18.9 Å². The quantitative estimate of drug-likeness (QED) is 0.776. The Labute approximate surface area is 122 Å². The van der Waals surface area contributed by atoms with Gasteiger partial charge in [-0.3, -0.25) is 9.78 Å². The minimum absolute atomic E-state index is 0. The van der Waals surface area contributed by atoms with Crippen molar-refractivity contribution < 1.29 is 0 Å². The second kappa shape index (κ2) is 7.67. The van der Waals surface area contributed by atoms with Crippen molar-refractivity contribution >= 4 is 12.4 Å². The Balaban J connectivity index is 0.00000200. The van der Waals surface area contributed by atoms with Gasteiger partial charge in [0.15, 0.2) is 0 Å². The van der Waals surface area contributed by atoms with Crippen LogP contribution in [0.1, 0.15) is 18.1 Å². The maximum atomic E-state index is 11.5. The van der Waals surface area contributed by atoms with Crippen molar-refractivity contribution in [2.75, 3.05) is 0 Å². The molecule has 20 heavy (non-hydrogen) atoms. The molecular formula is C14H18ClN3O2. The van der Waals surface area contributed by atoms with E-state index in [1.165, 1.54) is 11.8 Å².